The molecular weight excluding hydrogens is 453 g/mol. The van der Waals surface area contributed by atoms with Gasteiger partial charge in [0.2, 0.25) is 5.91 Å². The Bertz CT molecular complexity index is 1230. The van der Waals surface area contributed by atoms with Gasteiger partial charge in [0.05, 0.1) is 26.3 Å². The van der Waals surface area contributed by atoms with Crippen LogP contribution >= 0.6 is 0 Å². The Morgan fingerprint density at radius 1 is 0.943 bits per heavy atom. The Labute approximate surface area is 201 Å². The lowest BCUT2D eigenvalue weighted by Crippen LogP contribution is -2.37. The molecule has 8 nitrogen and oxygen atoms in total. The van der Waals surface area contributed by atoms with E-state index < -0.39 is 29.7 Å². The molecule has 3 aromatic rings. The van der Waals surface area contributed by atoms with Gasteiger partial charge in [-0.3, -0.25) is 9.59 Å². The molecule has 1 aliphatic rings. The zero-order chi connectivity index (χ0) is 24.9. The molecule has 4 rings (SSSR count). The van der Waals surface area contributed by atoms with Crippen molar-refractivity contribution >= 4 is 29.2 Å². The van der Waals surface area contributed by atoms with Crippen molar-refractivity contribution in [3.8, 4) is 11.5 Å². The summed E-state index contributed by atoms with van der Waals surface area (Å²) in [5, 5.41) is 2.65. The molecule has 0 unspecified atom stereocenters. The van der Waals surface area contributed by atoms with Crippen molar-refractivity contribution in [2.45, 2.75) is 19.0 Å². The summed E-state index contributed by atoms with van der Waals surface area (Å²) >= 11 is 0. The van der Waals surface area contributed by atoms with Gasteiger partial charge in [0.25, 0.3) is 5.91 Å². The van der Waals surface area contributed by atoms with Crippen LogP contribution in [0.2, 0.25) is 0 Å². The summed E-state index contributed by atoms with van der Waals surface area (Å²) in [6.07, 6.45) is -0.265. The number of nitrogens with one attached hydrogen (secondary N) is 1. The minimum atomic E-state index is -1.03. The van der Waals surface area contributed by atoms with Gasteiger partial charge in [-0.15, -0.1) is 0 Å². The maximum absolute atomic E-state index is 13.4. The number of carbonyl (C=O) groups excluding carboxylic acids is 3. The van der Waals surface area contributed by atoms with Crippen LogP contribution in [0.3, 0.4) is 0 Å². The molecule has 1 atom stereocenters. The van der Waals surface area contributed by atoms with Crippen molar-refractivity contribution in [1.82, 2.24) is 4.90 Å². The van der Waals surface area contributed by atoms with E-state index in [1.807, 2.05) is 0 Å². The van der Waals surface area contributed by atoms with Crippen LogP contribution in [0.5, 0.6) is 11.5 Å². The van der Waals surface area contributed by atoms with Crippen LogP contribution in [0, 0.1) is 5.82 Å². The first-order valence-electron chi connectivity index (χ1n) is 10.9. The number of benzene rings is 3. The number of carbonyl (C=O) groups is 3. The highest BCUT2D eigenvalue weighted by molar-refractivity contribution is 6.22. The van der Waals surface area contributed by atoms with Crippen LogP contribution in [-0.2, 0) is 16.1 Å². The average molecular weight is 477 g/mol. The number of imide groups is 1. The number of amides is 4. The van der Waals surface area contributed by atoms with Crippen LogP contribution in [0.25, 0.3) is 0 Å². The second kappa shape index (κ2) is 10.3. The highest BCUT2D eigenvalue weighted by Gasteiger charge is 2.46. The lowest BCUT2D eigenvalue weighted by atomic mass is 10.1. The SMILES string of the molecule is COc1ccc(CN2C(=O)N(c3ccccc3)C(=O)[C@H]2CC(=O)Nc2ccc(F)cc2)cc1OC. The van der Waals surface area contributed by atoms with Crippen LogP contribution in [0.15, 0.2) is 72.8 Å². The number of ether oxygens (including phenoxy) is 2. The molecule has 3 aromatic carbocycles. The molecular formula is C26H24FN3O5. The number of hydrogen-bond donors (Lipinski definition) is 1. The molecule has 1 fully saturated rings. The summed E-state index contributed by atoms with van der Waals surface area (Å²) in [5.74, 6) is -0.403. The van der Waals surface area contributed by atoms with Crippen molar-refractivity contribution < 1.29 is 28.2 Å². The lowest BCUT2D eigenvalue weighted by Gasteiger charge is -2.22. The highest BCUT2D eigenvalue weighted by Crippen LogP contribution is 2.32. The fraction of sp³-hybridized carbons (Fsp3) is 0.192. The quantitative estimate of drug-likeness (QED) is 0.491. The second-order valence-electron chi connectivity index (χ2n) is 7.88. The van der Waals surface area contributed by atoms with Gasteiger partial charge in [0, 0.05) is 12.2 Å². The summed E-state index contributed by atoms with van der Waals surface area (Å²) in [6.45, 7) is 0.0722. The Morgan fingerprint density at radius 2 is 1.63 bits per heavy atom. The minimum absolute atomic E-state index is 0.0722. The van der Waals surface area contributed by atoms with Crippen LogP contribution in [0.1, 0.15) is 12.0 Å². The number of nitrogens with zero attached hydrogens (tertiary/aromatic N) is 2. The Balaban J connectivity index is 1.61. The van der Waals surface area contributed by atoms with E-state index in [1.54, 1.807) is 48.5 Å². The Hall–Kier alpha value is -4.40. The first kappa shape index (κ1) is 23.7. The molecule has 0 spiro atoms. The summed E-state index contributed by atoms with van der Waals surface area (Å²) in [4.78, 5) is 42.0. The zero-order valence-electron chi connectivity index (χ0n) is 19.2. The molecule has 0 saturated carbocycles. The molecule has 1 N–H and O–H groups in total. The van der Waals surface area contributed by atoms with E-state index in [0.717, 1.165) is 4.90 Å². The minimum Gasteiger partial charge on any atom is -0.493 e. The number of urea groups is 1. The van der Waals surface area contributed by atoms with Gasteiger partial charge < -0.3 is 19.7 Å². The van der Waals surface area contributed by atoms with Gasteiger partial charge in [-0.2, -0.15) is 0 Å². The third-order valence-electron chi connectivity index (χ3n) is 5.64. The predicted molar refractivity (Wildman–Crippen MR) is 128 cm³/mol. The van der Waals surface area contributed by atoms with Crippen molar-refractivity contribution in [2.24, 2.45) is 0 Å². The summed E-state index contributed by atoms with van der Waals surface area (Å²) < 4.78 is 23.8. The standard InChI is InChI=1S/C26H24FN3O5/c1-34-22-13-8-17(14-23(22)35-2)16-29-21(15-24(31)28-19-11-9-18(27)10-12-19)25(32)30(26(29)33)20-6-4-3-5-7-20/h3-14,21H,15-16H2,1-2H3,(H,28,31)/t21-/m1/s1. The van der Waals surface area contributed by atoms with E-state index in [4.69, 9.17) is 9.47 Å². The molecule has 180 valence electrons. The molecule has 1 saturated heterocycles. The predicted octanol–water partition coefficient (Wildman–Crippen LogP) is 4.21. The van der Waals surface area contributed by atoms with Gasteiger partial charge in [-0.1, -0.05) is 24.3 Å². The second-order valence-corrected chi connectivity index (χ2v) is 7.88. The maximum atomic E-state index is 13.4. The molecule has 9 heteroatoms. The first-order chi connectivity index (χ1) is 16.9. The normalized spacial score (nSPS) is 15.3. The monoisotopic (exact) mass is 477 g/mol. The molecule has 0 aliphatic carbocycles. The van der Waals surface area contributed by atoms with Crippen molar-refractivity contribution in [3.05, 3.63) is 84.2 Å². The Morgan fingerprint density at radius 3 is 2.29 bits per heavy atom. The van der Waals surface area contributed by atoms with Gasteiger partial charge in [-0.25, -0.2) is 14.1 Å². The van der Waals surface area contributed by atoms with Crippen LogP contribution < -0.4 is 19.7 Å². The fourth-order valence-electron chi connectivity index (χ4n) is 3.92. The van der Waals surface area contributed by atoms with E-state index in [1.165, 1.54) is 43.4 Å². The topological polar surface area (TPSA) is 88.2 Å². The van der Waals surface area contributed by atoms with Crippen molar-refractivity contribution in [3.63, 3.8) is 0 Å². The third-order valence-corrected chi connectivity index (χ3v) is 5.64. The highest BCUT2D eigenvalue weighted by atomic mass is 19.1. The number of hydrogen-bond acceptors (Lipinski definition) is 5. The number of anilines is 2. The summed E-state index contributed by atoms with van der Waals surface area (Å²) in [6, 6.07) is 17.5. The average Bonchev–Trinajstić information content (AvgIpc) is 3.09. The molecule has 1 heterocycles. The van der Waals surface area contributed by atoms with E-state index in [-0.39, 0.29) is 13.0 Å². The summed E-state index contributed by atoms with van der Waals surface area (Å²) in [7, 11) is 3.03. The molecule has 0 bridgehead atoms. The van der Waals surface area contributed by atoms with E-state index in [2.05, 4.69) is 5.32 Å². The zero-order valence-corrected chi connectivity index (χ0v) is 19.2. The number of para-hydroxylation sites is 1. The summed E-state index contributed by atoms with van der Waals surface area (Å²) in [5.41, 5.74) is 1.50. The molecule has 0 aromatic heterocycles. The van der Waals surface area contributed by atoms with E-state index >= 15 is 0 Å². The van der Waals surface area contributed by atoms with Crippen LogP contribution in [-0.4, -0.2) is 43.0 Å². The van der Waals surface area contributed by atoms with Gasteiger partial charge >= 0.3 is 6.03 Å². The third kappa shape index (κ3) is 5.08. The first-order valence-corrected chi connectivity index (χ1v) is 10.9. The number of methoxy groups -OCH3 is 2. The van der Waals surface area contributed by atoms with Crippen molar-refractivity contribution in [2.75, 3.05) is 24.4 Å². The largest absolute Gasteiger partial charge is 0.493 e. The fourth-order valence-corrected chi connectivity index (χ4v) is 3.92. The van der Waals surface area contributed by atoms with Gasteiger partial charge in [0.15, 0.2) is 11.5 Å². The molecule has 0 radical (unpaired) electrons. The van der Waals surface area contributed by atoms with Crippen LogP contribution in [0.4, 0.5) is 20.6 Å². The number of halogens is 1. The van der Waals surface area contributed by atoms with E-state index in [9.17, 15) is 18.8 Å². The van der Waals surface area contributed by atoms with Crippen molar-refractivity contribution in [1.29, 1.82) is 0 Å². The maximum Gasteiger partial charge on any atom is 0.332 e. The van der Waals surface area contributed by atoms with Gasteiger partial charge in [0.1, 0.15) is 11.9 Å². The molecule has 35 heavy (non-hydrogen) atoms. The molecule has 4 amide bonds. The molecule has 1 aliphatic heterocycles. The van der Waals surface area contributed by atoms with Gasteiger partial charge in [-0.05, 0) is 54.1 Å². The Kier molecular flexibility index (Phi) is 6.96. The lowest BCUT2D eigenvalue weighted by molar-refractivity contribution is -0.124. The smallest absolute Gasteiger partial charge is 0.332 e. The van der Waals surface area contributed by atoms with E-state index in [0.29, 0.717) is 28.4 Å². The number of rotatable bonds is 8.